The van der Waals surface area contributed by atoms with Crippen molar-refractivity contribution in [1.29, 1.82) is 0 Å². The quantitative estimate of drug-likeness (QED) is 0.868. The van der Waals surface area contributed by atoms with Gasteiger partial charge in [0, 0.05) is 5.69 Å². The molecule has 2 rings (SSSR count). The van der Waals surface area contributed by atoms with Crippen molar-refractivity contribution in [3.05, 3.63) is 29.7 Å². The molecule has 2 aromatic rings. The fourth-order valence-electron chi connectivity index (χ4n) is 1.43. The summed E-state index contributed by atoms with van der Waals surface area (Å²) < 4.78 is 10.2. The van der Waals surface area contributed by atoms with Gasteiger partial charge in [0.2, 0.25) is 5.89 Å². The lowest BCUT2D eigenvalue weighted by atomic mass is 10.3. The highest BCUT2D eigenvalue weighted by atomic mass is 16.5. The van der Waals surface area contributed by atoms with Crippen LogP contribution in [0.25, 0.3) is 0 Å². The van der Waals surface area contributed by atoms with Gasteiger partial charge in [-0.1, -0.05) is 5.16 Å². The van der Waals surface area contributed by atoms with Crippen LogP contribution in [-0.4, -0.2) is 22.2 Å². The number of hydrogen-bond donors (Lipinski definition) is 1. The van der Waals surface area contributed by atoms with Crippen LogP contribution >= 0.6 is 0 Å². The van der Waals surface area contributed by atoms with E-state index in [4.69, 9.17) is 9.26 Å². The number of nitrogens with zero attached hydrogens (tertiary/aromatic N) is 3. The summed E-state index contributed by atoms with van der Waals surface area (Å²) >= 11 is 0. The van der Waals surface area contributed by atoms with Gasteiger partial charge in [0.1, 0.15) is 0 Å². The minimum atomic E-state index is 0.459. The maximum atomic E-state index is 5.20. The average Bonchev–Trinajstić information content (AvgIpc) is 2.73. The van der Waals surface area contributed by atoms with E-state index in [0.29, 0.717) is 24.0 Å². The SMILES string of the molecule is COc1cnc(C)cc1NCc1nc(C)no1. The van der Waals surface area contributed by atoms with Gasteiger partial charge in [-0.2, -0.15) is 4.98 Å². The van der Waals surface area contributed by atoms with Gasteiger partial charge >= 0.3 is 0 Å². The molecule has 0 radical (unpaired) electrons. The van der Waals surface area contributed by atoms with Gasteiger partial charge in [-0.05, 0) is 19.9 Å². The van der Waals surface area contributed by atoms with Crippen molar-refractivity contribution < 1.29 is 9.26 Å². The van der Waals surface area contributed by atoms with Crippen molar-refractivity contribution in [2.24, 2.45) is 0 Å². The molecular formula is C11H14N4O2. The number of nitrogens with one attached hydrogen (secondary N) is 1. The molecule has 90 valence electrons. The van der Waals surface area contributed by atoms with Gasteiger partial charge in [0.05, 0.1) is 25.5 Å². The van der Waals surface area contributed by atoms with Crippen LogP contribution < -0.4 is 10.1 Å². The van der Waals surface area contributed by atoms with E-state index in [-0.39, 0.29) is 0 Å². The Labute approximate surface area is 99.0 Å². The van der Waals surface area contributed by atoms with E-state index in [1.807, 2.05) is 13.0 Å². The second-order valence-electron chi connectivity index (χ2n) is 3.61. The van der Waals surface area contributed by atoms with Gasteiger partial charge in [-0.15, -0.1) is 0 Å². The van der Waals surface area contributed by atoms with E-state index in [1.165, 1.54) is 0 Å². The van der Waals surface area contributed by atoms with Crippen LogP contribution in [0.1, 0.15) is 17.4 Å². The first-order valence-corrected chi connectivity index (χ1v) is 5.22. The molecule has 0 aliphatic rings. The Kier molecular flexibility index (Phi) is 3.22. The molecule has 1 N–H and O–H groups in total. The molecule has 0 amide bonds. The molecule has 0 atom stereocenters. The molecular weight excluding hydrogens is 220 g/mol. The smallest absolute Gasteiger partial charge is 0.245 e. The van der Waals surface area contributed by atoms with Crippen LogP contribution in [0.15, 0.2) is 16.8 Å². The molecule has 0 unspecified atom stereocenters. The zero-order valence-corrected chi connectivity index (χ0v) is 10.0. The number of anilines is 1. The minimum Gasteiger partial charge on any atom is -0.493 e. The van der Waals surface area contributed by atoms with Crippen molar-refractivity contribution in [2.75, 3.05) is 12.4 Å². The Morgan fingerprint density at radius 2 is 2.24 bits per heavy atom. The number of aromatic nitrogens is 3. The van der Waals surface area contributed by atoms with E-state index in [9.17, 15) is 0 Å². The predicted octanol–water partition coefficient (Wildman–Crippen LogP) is 1.70. The van der Waals surface area contributed by atoms with Gasteiger partial charge < -0.3 is 14.6 Å². The van der Waals surface area contributed by atoms with Gasteiger partial charge in [0.25, 0.3) is 0 Å². The van der Waals surface area contributed by atoms with Crippen LogP contribution in [0.3, 0.4) is 0 Å². The first-order valence-electron chi connectivity index (χ1n) is 5.22. The number of methoxy groups -OCH3 is 1. The molecule has 0 aromatic carbocycles. The second kappa shape index (κ2) is 4.82. The molecule has 0 fully saturated rings. The first kappa shape index (κ1) is 11.4. The number of pyridine rings is 1. The largest absolute Gasteiger partial charge is 0.493 e. The monoisotopic (exact) mass is 234 g/mol. The molecule has 0 saturated heterocycles. The third-order valence-electron chi connectivity index (χ3n) is 2.22. The molecule has 2 heterocycles. The van der Waals surface area contributed by atoms with Crippen molar-refractivity contribution in [2.45, 2.75) is 20.4 Å². The average molecular weight is 234 g/mol. The van der Waals surface area contributed by atoms with E-state index in [2.05, 4.69) is 20.4 Å². The van der Waals surface area contributed by atoms with Crippen molar-refractivity contribution in [3.63, 3.8) is 0 Å². The molecule has 17 heavy (non-hydrogen) atoms. The highest BCUT2D eigenvalue weighted by Gasteiger charge is 2.06. The Balaban J connectivity index is 2.10. The highest BCUT2D eigenvalue weighted by Crippen LogP contribution is 2.23. The standard InChI is InChI=1S/C11H14N4O2/c1-7-4-9(10(16-3)5-12-7)13-6-11-14-8(2)15-17-11/h4-5H,6H2,1-3H3,(H,12,13). The lowest BCUT2D eigenvalue weighted by Crippen LogP contribution is -2.02. The summed E-state index contributed by atoms with van der Waals surface area (Å²) in [6.45, 7) is 4.16. The summed E-state index contributed by atoms with van der Waals surface area (Å²) in [4.78, 5) is 8.26. The summed E-state index contributed by atoms with van der Waals surface area (Å²) in [5.74, 6) is 1.85. The van der Waals surface area contributed by atoms with Crippen LogP contribution in [0.4, 0.5) is 5.69 Å². The Morgan fingerprint density at radius 3 is 2.88 bits per heavy atom. The van der Waals surface area contributed by atoms with E-state index >= 15 is 0 Å². The van der Waals surface area contributed by atoms with E-state index in [0.717, 1.165) is 11.4 Å². The molecule has 6 nitrogen and oxygen atoms in total. The summed E-state index contributed by atoms with van der Waals surface area (Å²) in [6.07, 6.45) is 1.68. The normalized spacial score (nSPS) is 10.3. The lowest BCUT2D eigenvalue weighted by molar-refractivity contribution is 0.379. The Morgan fingerprint density at radius 1 is 1.41 bits per heavy atom. The summed E-state index contributed by atoms with van der Waals surface area (Å²) in [5.41, 5.74) is 1.77. The van der Waals surface area contributed by atoms with Crippen molar-refractivity contribution in [1.82, 2.24) is 15.1 Å². The van der Waals surface area contributed by atoms with E-state index < -0.39 is 0 Å². The molecule has 2 aromatic heterocycles. The summed E-state index contributed by atoms with van der Waals surface area (Å²) in [6, 6.07) is 1.90. The van der Waals surface area contributed by atoms with Crippen LogP contribution in [0, 0.1) is 13.8 Å². The number of rotatable bonds is 4. The fourth-order valence-corrected chi connectivity index (χ4v) is 1.43. The predicted molar refractivity (Wildman–Crippen MR) is 61.9 cm³/mol. The van der Waals surface area contributed by atoms with Gasteiger partial charge in [-0.3, -0.25) is 4.98 Å². The third kappa shape index (κ3) is 2.72. The topological polar surface area (TPSA) is 73.1 Å². The number of ether oxygens (including phenoxy) is 1. The zero-order valence-electron chi connectivity index (χ0n) is 10.0. The summed E-state index contributed by atoms with van der Waals surface area (Å²) in [7, 11) is 1.61. The Hall–Kier alpha value is -2.11. The number of hydrogen-bond acceptors (Lipinski definition) is 6. The van der Waals surface area contributed by atoms with Crippen LogP contribution in [0.5, 0.6) is 5.75 Å². The van der Waals surface area contributed by atoms with Crippen LogP contribution in [-0.2, 0) is 6.54 Å². The zero-order chi connectivity index (χ0) is 12.3. The second-order valence-corrected chi connectivity index (χ2v) is 3.61. The third-order valence-corrected chi connectivity index (χ3v) is 2.22. The van der Waals surface area contributed by atoms with Gasteiger partial charge in [0.15, 0.2) is 11.6 Å². The fraction of sp³-hybridized carbons (Fsp3) is 0.364. The van der Waals surface area contributed by atoms with Crippen molar-refractivity contribution >= 4 is 5.69 Å². The highest BCUT2D eigenvalue weighted by molar-refractivity contribution is 5.55. The van der Waals surface area contributed by atoms with Crippen molar-refractivity contribution in [3.8, 4) is 5.75 Å². The number of aryl methyl sites for hydroxylation is 2. The molecule has 0 saturated carbocycles. The van der Waals surface area contributed by atoms with Crippen LogP contribution in [0.2, 0.25) is 0 Å². The maximum Gasteiger partial charge on any atom is 0.245 e. The molecule has 0 bridgehead atoms. The first-order chi connectivity index (χ1) is 8.19. The maximum absolute atomic E-state index is 5.20. The Bertz CT molecular complexity index is 510. The summed E-state index contributed by atoms with van der Waals surface area (Å²) in [5, 5.41) is 6.89. The van der Waals surface area contributed by atoms with E-state index in [1.54, 1.807) is 20.2 Å². The molecule has 6 heteroatoms. The molecule has 0 spiro atoms. The molecule has 0 aliphatic carbocycles. The molecule has 0 aliphatic heterocycles. The van der Waals surface area contributed by atoms with Gasteiger partial charge in [-0.25, -0.2) is 0 Å². The minimum absolute atomic E-state index is 0.459. The lowest BCUT2D eigenvalue weighted by Gasteiger charge is -2.09.